The van der Waals surface area contributed by atoms with Gasteiger partial charge in [-0.05, 0) is 49.3 Å². The Kier molecular flexibility index (Phi) is 5.92. The Morgan fingerprint density at radius 3 is 2.15 bits per heavy atom. The van der Waals surface area contributed by atoms with E-state index in [0.29, 0.717) is 5.92 Å². The third kappa shape index (κ3) is 4.53. The van der Waals surface area contributed by atoms with Crippen LogP contribution in [0.2, 0.25) is 0 Å². The van der Waals surface area contributed by atoms with Crippen molar-refractivity contribution in [3.63, 3.8) is 0 Å². The summed E-state index contributed by atoms with van der Waals surface area (Å²) in [7, 11) is 0. The first-order chi connectivity index (χ1) is 12.8. The van der Waals surface area contributed by atoms with Crippen molar-refractivity contribution in [1.29, 1.82) is 0 Å². The number of hydrogen-bond donors (Lipinski definition) is 2. The van der Waals surface area contributed by atoms with Crippen molar-refractivity contribution in [2.45, 2.75) is 77.6 Å². The van der Waals surface area contributed by atoms with Gasteiger partial charge in [0.2, 0.25) is 11.8 Å². The molecule has 0 atom stereocenters. The molecule has 2 saturated carbocycles. The molecular formula is C23H34N2O2. The summed E-state index contributed by atoms with van der Waals surface area (Å²) in [5, 5.41) is 6.21. The third-order valence-electron chi connectivity index (χ3n) is 6.29. The lowest BCUT2D eigenvalue weighted by atomic mass is 9.63. The maximum absolute atomic E-state index is 13.0. The van der Waals surface area contributed by atoms with Gasteiger partial charge in [0.15, 0.2) is 0 Å². The monoisotopic (exact) mass is 370 g/mol. The fourth-order valence-electron chi connectivity index (χ4n) is 4.17. The predicted octanol–water partition coefficient (Wildman–Crippen LogP) is 4.79. The Bertz CT molecular complexity index is 663. The summed E-state index contributed by atoms with van der Waals surface area (Å²) in [5.41, 5.74) is 1.06. The highest BCUT2D eigenvalue weighted by Gasteiger charge is 2.45. The lowest BCUT2D eigenvalue weighted by molar-refractivity contribution is -0.130. The van der Waals surface area contributed by atoms with E-state index in [4.69, 9.17) is 0 Å². The van der Waals surface area contributed by atoms with Gasteiger partial charge in [0.1, 0.15) is 0 Å². The number of rotatable bonds is 5. The Morgan fingerprint density at radius 1 is 1.00 bits per heavy atom. The molecule has 1 aromatic carbocycles. The van der Waals surface area contributed by atoms with Crippen LogP contribution >= 0.6 is 0 Å². The standard InChI is InChI=1S/C23H34N2O2/c1-22(2,3)20(26)25-19-12-10-18(11-13-19)23(14-7-15-23)21(27)24-16-17-8-5-4-6-9-17/h10-13,17H,4-9,14-16H2,1-3H3,(H,24,27)(H,25,26). The molecule has 0 bridgehead atoms. The normalized spacial score (nSPS) is 19.8. The fraction of sp³-hybridized carbons (Fsp3) is 0.652. The van der Waals surface area contributed by atoms with Crippen LogP contribution < -0.4 is 10.6 Å². The fourth-order valence-corrected chi connectivity index (χ4v) is 4.17. The van der Waals surface area contributed by atoms with Gasteiger partial charge in [-0.2, -0.15) is 0 Å². The van der Waals surface area contributed by atoms with Crippen molar-refractivity contribution >= 4 is 17.5 Å². The molecule has 148 valence electrons. The summed E-state index contributed by atoms with van der Waals surface area (Å²) in [4.78, 5) is 25.2. The Hall–Kier alpha value is -1.84. The molecule has 0 unspecified atom stereocenters. The largest absolute Gasteiger partial charge is 0.355 e. The van der Waals surface area contributed by atoms with Gasteiger partial charge in [0.05, 0.1) is 5.41 Å². The molecule has 2 fully saturated rings. The molecule has 4 nitrogen and oxygen atoms in total. The maximum atomic E-state index is 13.0. The summed E-state index contributed by atoms with van der Waals surface area (Å²) in [6, 6.07) is 7.87. The smallest absolute Gasteiger partial charge is 0.230 e. The Morgan fingerprint density at radius 2 is 1.63 bits per heavy atom. The molecule has 2 aliphatic carbocycles. The highest BCUT2D eigenvalue weighted by Crippen LogP contribution is 2.44. The quantitative estimate of drug-likeness (QED) is 0.783. The van der Waals surface area contributed by atoms with Crippen molar-refractivity contribution < 1.29 is 9.59 Å². The number of benzene rings is 1. The topological polar surface area (TPSA) is 58.2 Å². The van der Waals surface area contributed by atoms with E-state index in [2.05, 4.69) is 10.6 Å². The maximum Gasteiger partial charge on any atom is 0.230 e. The van der Waals surface area contributed by atoms with Gasteiger partial charge in [-0.3, -0.25) is 9.59 Å². The number of amides is 2. The van der Waals surface area contributed by atoms with Crippen molar-refractivity contribution in [2.24, 2.45) is 11.3 Å². The van der Waals surface area contributed by atoms with Crippen LogP contribution in [-0.2, 0) is 15.0 Å². The molecule has 2 aliphatic rings. The summed E-state index contributed by atoms with van der Waals surface area (Å²) in [6.45, 7) is 6.52. The van der Waals surface area contributed by atoms with E-state index >= 15 is 0 Å². The van der Waals surface area contributed by atoms with Crippen LogP contribution in [0, 0.1) is 11.3 Å². The van der Waals surface area contributed by atoms with Crippen LogP contribution in [-0.4, -0.2) is 18.4 Å². The van der Waals surface area contributed by atoms with Gasteiger partial charge in [0.25, 0.3) is 0 Å². The molecule has 2 N–H and O–H groups in total. The van der Waals surface area contributed by atoms with E-state index in [1.807, 2.05) is 45.0 Å². The molecule has 0 heterocycles. The minimum absolute atomic E-state index is 0.00108. The van der Waals surface area contributed by atoms with Crippen LogP contribution in [0.15, 0.2) is 24.3 Å². The molecule has 0 radical (unpaired) electrons. The summed E-state index contributed by atoms with van der Waals surface area (Å²) in [6.07, 6.45) is 9.35. The summed E-state index contributed by atoms with van der Waals surface area (Å²) < 4.78 is 0. The number of anilines is 1. The molecule has 0 aliphatic heterocycles. The third-order valence-corrected chi connectivity index (χ3v) is 6.29. The average Bonchev–Trinajstić information content (AvgIpc) is 2.60. The van der Waals surface area contributed by atoms with Crippen molar-refractivity contribution in [2.75, 3.05) is 11.9 Å². The molecule has 3 rings (SSSR count). The van der Waals surface area contributed by atoms with Gasteiger partial charge in [0, 0.05) is 17.6 Å². The molecule has 0 spiro atoms. The first-order valence-corrected chi connectivity index (χ1v) is 10.5. The SMILES string of the molecule is CC(C)(C)C(=O)Nc1ccc(C2(C(=O)NCC3CCCCC3)CCC2)cc1. The Balaban J connectivity index is 1.63. The van der Waals surface area contributed by atoms with E-state index in [-0.39, 0.29) is 17.2 Å². The minimum Gasteiger partial charge on any atom is -0.355 e. The highest BCUT2D eigenvalue weighted by atomic mass is 16.2. The van der Waals surface area contributed by atoms with Crippen LogP contribution in [0.5, 0.6) is 0 Å². The second-order valence-corrected chi connectivity index (χ2v) is 9.43. The molecule has 2 amide bonds. The van der Waals surface area contributed by atoms with Crippen LogP contribution in [0.3, 0.4) is 0 Å². The molecule has 0 saturated heterocycles. The first kappa shape index (κ1) is 19.9. The Labute approximate surface area is 163 Å². The number of carbonyl (C=O) groups is 2. The van der Waals surface area contributed by atoms with E-state index in [0.717, 1.165) is 37.1 Å². The van der Waals surface area contributed by atoms with Gasteiger partial charge in [-0.25, -0.2) is 0 Å². The first-order valence-electron chi connectivity index (χ1n) is 10.5. The second kappa shape index (κ2) is 8.04. The van der Waals surface area contributed by atoms with Gasteiger partial charge in [-0.15, -0.1) is 0 Å². The van der Waals surface area contributed by atoms with Crippen molar-refractivity contribution in [3.8, 4) is 0 Å². The van der Waals surface area contributed by atoms with Gasteiger partial charge >= 0.3 is 0 Å². The van der Waals surface area contributed by atoms with Gasteiger partial charge in [-0.1, -0.05) is 58.6 Å². The number of nitrogens with one attached hydrogen (secondary N) is 2. The predicted molar refractivity (Wildman–Crippen MR) is 110 cm³/mol. The average molecular weight is 371 g/mol. The van der Waals surface area contributed by atoms with E-state index in [1.165, 1.54) is 32.1 Å². The molecule has 4 heteroatoms. The highest BCUT2D eigenvalue weighted by molar-refractivity contribution is 5.94. The summed E-state index contributed by atoms with van der Waals surface area (Å²) >= 11 is 0. The van der Waals surface area contributed by atoms with Crippen molar-refractivity contribution in [1.82, 2.24) is 5.32 Å². The zero-order valence-corrected chi connectivity index (χ0v) is 17.1. The number of hydrogen-bond acceptors (Lipinski definition) is 2. The number of carbonyl (C=O) groups excluding carboxylic acids is 2. The van der Waals surface area contributed by atoms with Crippen molar-refractivity contribution in [3.05, 3.63) is 29.8 Å². The lowest BCUT2D eigenvalue weighted by Gasteiger charge is -2.41. The van der Waals surface area contributed by atoms with E-state index in [9.17, 15) is 9.59 Å². The van der Waals surface area contributed by atoms with E-state index < -0.39 is 5.41 Å². The molecule has 1 aromatic rings. The van der Waals surface area contributed by atoms with Gasteiger partial charge < -0.3 is 10.6 Å². The molecule has 0 aromatic heterocycles. The molecule has 27 heavy (non-hydrogen) atoms. The minimum atomic E-state index is -0.424. The van der Waals surface area contributed by atoms with Crippen LogP contribution in [0.4, 0.5) is 5.69 Å². The lowest BCUT2D eigenvalue weighted by Crippen LogP contribution is -2.50. The van der Waals surface area contributed by atoms with Crippen LogP contribution in [0.1, 0.15) is 77.7 Å². The zero-order chi connectivity index (χ0) is 19.5. The zero-order valence-electron chi connectivity index (χ0n) is 17.1. The van der Waals surface area contributed by atoms with E-state index in [1.54, 1.807) is 0 Å². The molecular weight excluding hydrogens is 336 g/mol. The summed E-state index contributed by atoms with van der Waals surface area (Å²) in [5.74, 6) is 0.833. The second-order valence-electron chi connectivity index (χ2n) is 9.43. The van der Waals surface area contributed by atoms with Crippen LogP contribution in [0.25, 0.3) is 0 Å².